The van der Waals surface area contributed by atoms with Crippen molar-refractivity contribution in [2.45, 2.75) is 18.2 Å². The van der Waals surface area contributed by atoms with Crippen molar-refractivity contribution in [3.63, 3.8) is 0 Å². The maximum Gasteiger partial charge on any atom is 0.323 e. The minimum atomic E-state index is -1.17. The van der Waals surface area contributed by atoms with Crippen molar-refractivity contribution in [2.75, 3.05) is 13.6 Å². The molecule has 1 aliphatic heterocycles. The van der Waals surface area contributed by atoms with Gasteiger partial charge in [-0.15, -0.1) is 0 Å². The minimum Gasteiger partial charge on any atom is -0.480 e. The highest BCUT2D eigenvalue weighted by molar-refractivity contribution is 5.74. The molecule has 0 aromatic carbocycles. The molecular weight excluding hydrogens is 150 g/mol. The Morgan fingerprint density at radius 1 is 1.55 bits per heavy atom. The first-order valence-corrected chi connectivity index (χ1v) is 3.33. The second-order valence-corrected chi connectivity index (χ2v) is 2.78. The smallest absolute Gasteiger partial charge is 0.323 e. The summed E-state index contributed by atoms with van der Waals surface area (Å²) >= 11 is 0. The number of carboxylic acids is 1. The highest BCUT2D eigenvalue weighted by Gasteiger charge is 2.42. The van der Waals surface area contributed by atoms with Crippen molar-refractivity contribution >= 4 is 5.97 Å². The highest BCUT2D eigenvalue weighted by Crippen LogP contribution is 2.16. The van der Waals surface area contributed by atoms with Crippen LogP contribution >= 0.6 is 0 Å². The third kappa shape index (κ3) is 1.35. The molecule has 0 aliphatic carbocycles. The Balaban J connectivity index is 2.71. The predicted molar refractivity (Wildman–Crippen MR) is 36.1 cm³/mol. The van der Waals surface area contributed by atoms with Crippen molar-refractivity contribution in [1.29, 1.82) is 0 Å². The number of aliphatic carboxylic acids is 1. The van der Waals surface area contributed by atoms with Crippen LogP contribution in [0.5, 0.6) is 0 Å². The first kappa shape index (κ1) is 8.45. The molecule has 0 bridgehead atoms. The lowest BCUT2D eigenvalue weighted by Gasteiger charge is -2.15. The van der Waals surface area contributed by atoms with Gasteiger partial charge in [0.1, 0.15) is 12.1 Å². The monoisotopic (exact) mass is 161 g/mol. The molecule has 5 heteroatoms. The van der Waals surface area contributed by atoms with Gasteiger partial charge in [0.2, 0.25) is 0 Å². The number of carbonyl (C=O) groups is 1. The summed E-state index contributed by atoms with van der Waals surface area (Å²) in [4.78, 5) is 11.9. The quantitative estimate of drug-likeness (QED) is 0.419. The van der Waals surface area contributed by atoms with Gasteiger partial charge in [-0.2, -0.15) is 0 Å². The SMILES string of the molecule is CN1CC(O)C(O)C1C(=O)O. The number of likely N-dealkylation sites (N-methyl/N-ethyl adjacent to an activating group) is 1. The fraction of sp³-hybridized carbons (Fsp3) is 0.833. The normalized spacial score (nSPS) is 39.4. The van der Waals surface area contributed by atoms with Gasteiger partial charge in [-0.05, 0) is 7.05 Å². The molecule has 0 spiro atoms. The van der Waals surface area contributed by atoms with Gasteiger partial charge < -0.3 is 15.3 Å². The molecule has 1 saturated heterocycles. The van der Waals surface area contributed by atoms with E-state index in [1.165, 1.54) is 4.90 Å². The van der Waals surface area contributed by atoms with Gasteiger partial charge in [0.25, 0.3) is 0 Å². The molecule has 1 heterocycles. The molecular formula is C6H11NO4. The van der Waals surface area contributed by atoms with Gasteiger partial charge in [0.15, 0.2) is 0 Å². The maximum atomic E-state index is 10.5. The van der Waals surface area contributed by atoms with E-state index in [1.807, 2.05) is 0 Å². The topological polar surface area (TPSA) is 81.0 Å². The Hall–Kier alpha value is -0.650. The lowest BCUT2D eigenvalue weighted by Crippen LogP contribution is -2.40. The van der Waals surface area contributed by atoms with E-state index in [-0.39, 0.29) is 6.54 Å². The number of aliphatic hydroxyl groups excluding tert-OH is 2. The van der Waals surface area contributed by atoms with Gasteiger partial charge in [-0.3, -0.25) is 9.69 Å². The number of likely N-dealkylation sites (tertiary alicyclic amines) is 1. The number of rotatable bonds is 1. The van der Waals surface area contributed by atoms with Crippen LogP contribution in [0.15, 0.2) is 0 Å². The zero-order valence-corrected chi connectivity index (χ0v) is 6.14. The van der Waals surface area contributed by atoms with Crippen molar-refractivity contribution in [1.82, 2.24) is 4.90 Å². The van der Waals surface area contributed by atoms with Crippen molar-refractivity contribution in [3.8, 4) is 0 Å². The molecule has 0 aromatic heterocycles. The van der Waals surface area contributed by atoms with Crippen LogP contribution in [0.25, 0.3) is 0 Å². The molecule has 1 rings (SSSR count). The lowest BCUT2D eigenvalue weighted by molar-refractivity contribution is -0.145. The van der Waals surface area contributed by atoms with Crippen LogP contribution < -0.4 is 0 Å². The van der Waals surface area contributed by atoms with Crippen LogP contribution in [-0.4, -0.2) is 58.0 Å². The van der Waals surface area contributed by atoms with Crippen LogP contribution in [-0.2, 0) is 4.79 Å². The van der Waals surface area contributed by atoms with Crippen LogP contribution in [0.1, 0.15) is 0 Å². The largest absolute Gasteiger partial charge is 0.480 e. The van der Waals surface area contributed by atoms with Gasteiger partial charge in [-0.25, -0.2) is 0 Å². The van der Waals surface area contributed by atoms with E-state index in [0.29, 0.717) is 0 Å². The van der Waals surface area contributed by atoms with Crippen LogP contribution in [0.3, 0.4) is 0 Å². The summed E-state index contributed by atoms with van der Waals surface area (Å²) in [7, 11) is 1.55. The number of carboxylic acid groups (broad SMARTS) is 1. The van der Waals surface area contributed by atoms with E-state index in [4.69, 9.17) is 15.3 Å². The number of β-amino-alcohol motifs (C(OH)–C–C–N with tert-alkyl or cyclic N) is 1. The van der Waals surface area contributed by atoms with Crippen molar-refractivity contribution in [3.05, 3.63) is 0 Å². The minimum absolute atomic E-state index is 0.206. The zero-order chi connectivity index (χ0) is 8.59. The third-order valence-corrected chi connectivity index (χ3v) is 1.92. The Morgan fingerprint density at radius 3 is 2.27 bits per heavy atom. The molecule has 0 aromatic rings. The number of nitrogens with zero attached hydrogens (tertiary/aromatic N) is 1. The van der Waals surface area contributed by atoms with E-state index in [1.54, 1.807) is 7.05 Å². The number of hydrogen-bond acceptors (Lipinski definition) is 4. The number of hydrogen-bond donors (Lipinski definition) is 3. The Kier molecular flexibility index (Phi) is 2.12. The fourth-order valence-corrected chi connectivity index (χ4v) is 1.32. The predicted octanol–water partition coefficient (Wildman–Crippen LogP) is -1.89. The van der Waals surface area contributed by atoms with E-state index in [9.17, 15) is 4.79 Å². The number of aliphatic hydroxyl groups is 2. The van der Waals surface area contributed by atoms with E-state index >= 15 is 0 Å². The summed E-state index contributed by atoms with van der Waals surface area (Å²) < 4.78 is 0. The molecule has 1 fully saturated rings. The molecule has 0 amide bonds. The molecule has 11 heavy (non-hydrogen) atoms. The Morgan fingerprint density at radius 2 is 2.09 bits per heavy atom. The Labute approximate surface area is 63.9 Å². The summed E-state index contributed by atoms with van der Waals surface area (Å²) in [6, 6.07) is -0.968. The van der Waals surface area contributed by atoms with Gasteiger partial charge >= 0.3 is 5.97 Å². The van der Waals surface area contributed by atoms with Crippen molar-refractivity contribution in [2.24, 2.45) is 0 Å². The van der Waals surface area contributed by atoms with Crippen molar-refractivity contribution < 1.29 is 20.1 Å². The van der Waals surface area contributed by atoms with Crippen LogP contribution in [0.2, 0.25) is 0 Å². The first-order valence-electron chi connectivity index (χ1n) is 3.33. The molecule has 3 unspecified atom stereocenters. The average molecular weight is 161 g/mol. The molecule has 1 aliphatic rings. The van der Waals surface area contributed by atoms with E-state index < -0.39 is 24.2 Å². The molecule has 3 N–H and O–H groups in total. The third-order valence-electron chi connectivity index (χ3n) is 1.92. The van der Waals surface area contributed by atoms with E-state index in [0.717, 1.165) is 0 Å². The van der Waals surface area contributed by atoms with E-state index in [2.05, 4.69) is 0 Å². The summed E-state index contributed by atoms with van der Waals surface area (Å²) in [5.74, 6) is -1.10. The fourth-order valence-electron chi connectivity index (χ4n) is 1.32. The van der Waals surface area contributed by atoms with Gasteiger partial charge in [0, 0.05) is 6.54 Å². The molecule has 3 atom stereocenters. The molecule has 5 nitrogen and oxygen atoms in total. The second-order valence-electron chi connectivity index (χ2n) is 2.78. The van der Waals surface area contributed by atoms with Gasteiger partial charge in [-0.1, -0.05) is 0 Å². The lowest BCUT2D eigenvalue weighted by atomic mass is 10.1. The first-order chi connectivity index (χ1) is 5.04. The highest BCUT2D eigenvalue weighted by atomic mass is 16.4. The second kappa shape index (κ2) is 2.77. The molecule has 0 saturated carbocycles. The van der Waals surface area contributed by atoms with Crippen LogP contribution in [0, 0.1) is 0 Å². The van der Waals surface area contributed by atoms with Gasteiger partial charge in [0.05, 0.1) is 6.10 Å². The summed E-state index contributed by atoms with van der Waals surface area (Å²) in [6.45, 7) is 0.206. The summed E-state index contributed by atoms with van der Waals surface area (Å²) in [5.41, 5.74) is 0. The van der Waals surface area contributed by atoms with Crippen LogP contribution in [0.4, 0.5) is 0 Å². The standard InChI is InChI=1S/C6H11NO4/c1-7-2-3(8)5(9)4(7)6(10)11/h3-5,8-9H,2H2,1H3,(H,10,11). The Bertz CT molecular complexity index is 172. The molecule has 64 valence electrons. The maximum absolute atomic E-state index is 10.5. The zero-order valence-electron chi connectivity index (χ0n) is 6.14. The molecule has 0 radical (unpaired) electrons. The average Bonchev–Trinajstić information content (AvgIpc) is 2.07. The summed E-state index contributed by atoms with van der Waals surface area (Å²) in [5, 5.41) is 26.7. The summed E-state index contributed by atoms with van der Waals surface area (Å²) in [6.07, 6.45) is -2.11.